The number of nitrogens with zero attached hydrogens (tertiary/aromatic N) is 4. The summed E-state index contributed by atoms with van der Waals surface area (Å²) in [5.74, 6) is 0.814. The predicted octanol–water partition coefficient (Wildman–Crippen LogP) is 3.51. The number of hydrogen-bond donors (Lipinski definition) is 1. The van der Waals surface area contributed by atoms with Crippen molar-refractivity contribution in [2.75, 3.05) is 13.7 Å². The van der Waals surface area contributed by atoms with Crippen LogP contribution >= 0.6 is 0 Å². The predicted molar refractivity (Wildman–Crippen MR) is 98.7 cm³/mol. The minimum absolute atomic E-state index is 0.360. The third-order valence-corrected chi connectivity index (χ3v) is 4.18. The molecule has 130 valence electrons. The fourth-order valence-electron chi connectivity index (χ4n) is 2.96. The Labute approximate surface area is 146 Å². The minimum atomic E-state index is -0.394. The first-order valence-electron chi connectivity index (χ1n) is 8.39. The van der Waals surface area contributed by atoms with Gasteiger partial charge in [0, 0.05) is 55.9 Å². The van der Waals surface area contributed by atoms with Gasteiger partial charge in [0.15, 0.2) is 5.65 Å². The molecule has 0 saturated carbocycles. The van der Waals surface area contributed by atoms with E-state index in [1.54, 1.807) is 12.4 Å². The Balaban J connectivity index is 2.17. The lowest BCUT2D eigenvalue weighted by molar-refractivity contribution is 0.495. The second-order valence-electron chi connectivity index (χ2n) is 5.82. The van der Waals surface area contributed by atoms with Gasteiger partial charge >= 0.3 is 0 Å². The summed E-state index contributed by atoms with van der Waals surface area (Å²) in [6.07, 6.45) is 8.73. The van der Waals surface area contributed by atoms with E-state index in [1.807, 2.05) is 37.0 Å². The van der Waals surface area contributed by atoms with Gasteiger partial charge < -0.3 is 9.88 Å². The SMILES string of the molecule is CC/C=C(\NC)c1cnccc1-c1nc2cc(CCF)cnc2n1C. The summed E-state index contributed by atoms with van der Waals surface area (Å²) >= 11 is 0. The van der Waals surface area contributed by atoms with E-state index in [-0.39, 0.29) is 0 Å². The van der Waals surface area contributed by atoms with Crippen molar-refractivity contribution in [3.8, 4) is 11.4 Å². The normalized spacial score (nSPS) is 11.9. The van der Waals surface area contributed by atoms with Crippen LogP contribution in [0.2, 0.25) is 0 Å². The second-order valence-corrected chi connectivity index (χ2v) is 5.82. The first-order valence-corrected chi connectivity index (χ1v) is 8.39. The average Bonchev–Trinajstić information content (AvgIpc) is 2.96. The molecule has 0 radical (unpaired) electrons. The number of rotatable bonds is 6. The van der Waals surface area contributed by atoms with Crippen LogP contribution in [0.1, 0.15) is 24.5 Å². The molecule has 0 unspecified atom stereocenters. The van der Waals surface area contributed by atoms with Crippen molar-refractivity contribution in [2.24, 2.45) is 7.05 Å². The lowest BCUT2D eigenvalue weighted by Crippen LogP contribution is -2.07. The lowest BCUT2D eigenvalue weighted by atomic mass is 10.1. The van der Waals surface area contributed by atoms with E-state index in [4.69, 9.17) is 4.98 Å². The molecule has 5 nitrogen and oxygen atoms in total. The van der Waals surface area contributed by atoms with Crippen molar-refractivity contribution in [3.63, 3.8) is 0 Å². The van der Waals surface area contributed by atoms with Crippen LogP contribution in [0.4, 0.5) is 4.39 Å². The third kappa shape index (κ3) is 3.24. The van der Waals surface area contributed by atoms with E-state index in [9.17, 15) is 4.39 Å². The molecular weight excluding hydrogens is 317 g/mol. The molecule has 3 aromatic rings. The molecule has 0 aliphatic rings. The van der Waals surface area contributed by atoms with Gasteiger partial charge in [0.2, 0.25) is 0 Å². The fraction of sp³-hybridized carbons (Fsp3) is 0.316. The summed E-state index contributed by atoms with van der Waals surface area (Å²) in [5, 5.41) is 3.24. The summed E-state index contributed by atoms with van der Waals surface area (Å²) in [6.45, 7) is 1.70. The maximum atomic E-state index is 12.6. The first-order chi connectivity index (χ1) is 12.2. The number of aromatic nitrogens is 4. The van der Waals surface area contributed by atoms with Crippen LogP contribution in [-0.2, 0) is 13.5 Å². The minimum Gasteiger partial charge on any atom is -0.388 e. The second kappa shape index (κ2) is 7.42. The molecule has 0 aromatic carbocycles. The number of allylic oxidation sites excluding steroid dienone is 1. The fourth-order valence-corrected chi connectivity index (χ4v) is 2.96. The summed E-state index contributed by atoms with van der Waals surface area (Å²) in [7, 11) is 3.84. The molecule has 0 amide bonds. The summed E-state index contributed by atoms with van der Waals surface area (Å²) < 4.78 is 14.6. The van der Waals surface area contributed by atoms with E-state index >= 15 is 0 Å². The Morgan fingerprint density at radius 3 is 2.92 bits per heavy atom. The average molecular weight is 339 g/mol. The largest absolute Gasteiger partial charge is 0.388 e. The number of halogens is 1. The molecule has 1 N–H and O–H groups in total. The maximum absolute atomic E-state index is 12.6. The molecule has 3 aromatic heterocycles. The quantitative estimate of drug-likeness (QED) is 0.747. The van der Waals surface area contributed by atoms with Gasteiger partial charge in [-0.3, -0.25) is 9.37 Å². The highest BCUT2D eigenvalue weighted by molar-refractivity contribution is 5.83. The van der Waals surface area contributed by atoms with Crippen LogP contribution in [0.3, 0.4) is 0 Å². The molecule has 6 heteroatoms. The number of nitrogens with one attached hydrogen (secondary N) is 1. The van der Waals surface area contributed by atoms with Crippen LogP contribution in [-0.4, -0.2) is 33.2 Å². The number of hydrogen-bond acceptors (Lipinski definition) is 4. The summed E-state index contributed by atoms with van der Waals surface area (Å²) in [6, 6.07) is 3.87. The van der Waals surface area contributed by atoms with E-state index in [0.29, 0.717) is 6.42 Å². The number of pyridine rings is 2. The van der Waals surface area contributed by atoms with Gasteiger partial charge in [-0.1, -0.05) is 13.0 Å². The van der Waals surface area contributed by atoms with E-state index in [0.717, 1.165) is 45.8 Å². The summed E-state index contributed by atoms with van der Waals surface area (Å²) in [5.41, 5.74) is 5.41. The van der Waals surface area contributed by atoms with Crippen LogP contribution in [0.15, 0.2) is 36.8 Å². The molecule has 0 bridgehead atoms. The Hall–Kier alpha value is -2.76. The van der Waals surface area contributed by atoms with Crippen molar-refractivity contribution in [1.29, 1.82) is 0 Å². The molecule has 0 spiro atoms. The smallest absolute Gasteiger partial charge is 0.160 e. The highest BCUT2D eigenvalue weighted by Gasteiger charge is 2.16. The topological polar surface area (TPSA) is 55.6 Å². The van der Waals surface area contributed by atoms with Crippen molar-refractivity contribution >= 4 is 16.9 Å². The number of aryl methyl sites for hydroxylation is 2. The maximum Gasteiger partial charge on any atom is 0.160 e. The number of alkyl halides is 1. The monoisotopic (exact) mass is 339 g/mol. The standard InChI is InChI=1S/C19H22FN5/c1-4-5-16(21-2)15-12-22-9-7-14(15)18-24-17-10-13(6-8-20)11-23-19(17)25(18)3/h5,7,9-12,21H,4,6,8H2,1-3H3/b16-5-. The van der Waals surface area contributed by atoms with E-state index in [1.165, 1.54) is 0 Å². The van der Waals surface area contributed by atoms with Gasteiger partial charge in [0.1, 0.15) is 11.3 Å². The van der Waals surface area contributed by atoms with Crippen LogP contribution in [0.25, 0.3) is 28.2 Å². The zero-order chi connectivity index (χ0) is 17.8. The number of imidazole rings is 1. The Morgan fingerprint density at radius 2 is 2.20 bits per heavy atom. The van der Waals surface area contributed by atoms with Crippen molar-refractivity contribution in [3.05, 3.63) is 47.9 Å². The highest BCUT2D eigenvalue weighted by Crippen LogP contribution is 2.28. The molecule has 0 saturated heterocycles. The molecule has 25 heavy (non-hydrogen) atoms. The van der Waals surface area contributed by atoms with Gasteiger partial charge in [-0.25, -0.2) is 9.97 Å². The molecular formula is C19H22FN5. The Kier molecular flexibility index (Phi) is 5.07. The van der Waals surface area contributed by atoms with Crippen LogP contribution < -0.4 is 5.32 Å². The third-order valence-electron chi connectivity index (χ3n) is 4.18. The lowest BCUT2D eigenvalue weighted by Gasteiger charge is -2.12. The molecule has 0 aliphatic carbocycles. The number of fused-ring (bicyclic) bond motifs is 1. The van der Waals surface area contributed by atoms with Crippen molar-refractivity contribution < 1.29 is 4.39 Å². The van der Waals surface area contributed by atoms with E-state index < -0.39 is 6.67 Å². The molecule has 0 aliphatic heterocycles. The zero-order valence-corrected chi connectivity index (χ0v) is 14.8. The zero-order valence-electron chi connectivity index (χ0n) is 14.8. The van der Waals surface area contributed by atoms with Crippen LogP contribution in [0, 0.1) is 0 Å². The Bertz CT molecular complexity index is 913. The van der Waals surface area contributed by atoms with Gasteiger partial charge in [-0.05, 0) is 24.1 Å². The van der Waals surface area contributed by atoms with Gasteiger partial charge in [0.05, 0.1) is 6.67 Å². The highest BCUT2D eigenvalue weighted by atomic mass is 19.1. The Morgan fingerprint density at radius 1 is 1.36 bits per heavy atom. The van der Waals surface area contributed by atoms with Gasteiger partial charge in [-0.15, -0.1) is 0 Å². The molecule has 0 fully saturated rings. The van der Waals surface area contributed by atoms with E-state index in [2.05, 4.69) is 28.3 Å². The molecule has 3 rings (SSSR count). The molecule has 3 heterocycles. The van der Waals surface area contributed by atoms with Crippen LogP contribution in [0.5, 0.6) is 0 Å². The molecule has 0 atom stereocenters. The van der Waals surface area contributed by atoms with Gasteiger partial charge in [-0.2, -0.15) is 0 Å². The first kappa shape index (κ1) is 17.1. The van der Waals surface area contributed by atoms with Crippen molar-refractivity contribution in [2.45, 2.75) is 19.8 Å². The van der Waals surface area contributed by atoms with Crippen molar-refractivity contribution in [1.82, 2.24) is 24.8 Å². The van der Waals surface area contributed by atoms with Gasteiger partial charge in [0.25, 0.3) is 0 Å². The summed E-state index contributed by atoms with van der Waals surface area (Å²) in [4.78, 5) is 13.5.